The predicted octanol–water partition coefficient (Wildman–Crippen LogP) is 7.65. The fourth-order valence-electron chi connectivity index (χ4n) is 3.90. The number of fused-ring (bicyclic) bond motifs is 1. The van der Waals surface area contributed by atoms with Crippen LogP contribution in [0.3, 0.4) is 0 Å². The third kappa shape index (κ3) is 5.83. The van der Waals surface area contributed by atoms with Gasteiger partial charge in [-0.25, -0.2) is 0 Å². The minimum Gasteiger partial charge on any atom is -0.489 e. The van der Waals surface area contributed by atoms with Gasteiger partial charge in [0.25, 0.3) is 5.91 Å². The summed E-state index contributed by atoms with van der Waals surface area (Å²) in [5, 5.41) is 15.2. The van der Waals surface area contributed by atoms with Crippen molar-refractivity contribution in [3.05, 3.63) is 124 Å². The number of anilines is 1. The van der Waals surface area contributed by atoms with E-state index in [-0.39, 0.29) is 5.57 Å². The van der Waals surface area contributed by atoms with Gasteiger partial charge in [0.1, 0.15) is 24.0 Å². The summed E-state index contributed by atoms with van der Waals surface area (Å²) in [4.78, 5) is 12.7. The number of rotatable bonds is 8. The first kappa shape index (κ1) is 24.8. The lowest BCUT2D eigenvalue weighted by molar-refractivity contribution is -0.112. The largest absolute Gasteiger partial charge is 0.489 e. The molecule has 0 aliphatic heterocycles. The van der Waals surface area contributed by atoms with Crippen molar-refractivity contribution in [2.75, 3.05) is 5.32 Å². The van der Waals surface area contributed by atoms with Crippen LogP contribution in [-0.2, 0) is 17.8 Å². The molecule has 0 fully saturated rings. The van der Waals surface area contributed by atoms with Crippen molar-refractivity contribution in [2.24, 2.45) is 0 Å². The van der Waals surface area contributed by atoms with E-state index in [0.29, 0.717) is 23.7 Å². The smallest absolute Gasteiger partial charge is 0.266 e. The second kappa shape index (κ2) is 11.4. The third-order valence-corrected chi connectivity index (χ3v) is 6.22. The first-order chi connectivity index (χ1) is 17.5. The number of ether oxygens (including phenoxy) is 1. The minimum atomic E-state index is -0.501. The van der Waals surface area contributed by atoms with E-state index in [2.05, 4.69) is 36.2 Å². The normalized spacial score (nSPS) is 11.1. The summed E-state index contributed by atoms with van der Waals surface area (Å²) in [5.74, 6) is 0.233. The molecule has 4 rings (SSSR count). The van der Waals surface area contributed by atoms with Gasteiger partial charge in [-0.1, -0.05) is 72.3 Å². The molecule has 0 aliphatic rings. The number of carbonyl (C=O) groups excluding carboxylic acids is 1. The second-order valence-corrected chi connectivity index (χ2v) is 8.78. The quantitative estimate of drug-likeness (QED) is 0.156. The lowest BCUT2D eigenvalue weighted by atomic mass is 10.0. The van der Waals surface area contributed by atoms with Gasteiger partial charge >= 0.3 is 0 Å². The Hall–Kier alpha value is -4.33. The highest BCUT2D eigenvalue weighted by molar-refractivity contribution is 6.31. The molecule has 4 aromatic carbocycles. The fourth-order valence-corrected chi connectivity index (χ4v) is 4.08. The SMILES string of the molecule is C=CCc1cc(/C=C(/C#N)C(=O)Nc2ccc(C)c(Cl)c2)ccc1OCc1cccc2ccccc12. The monoisotopic (exact) mass is 492 g/mol. The number of carbonyl (C=O) groups is 1. The van der Waals surface area contributed by atoms with E-state index >= 15 is 0 Å². The molecule has 0 unspecified atom stereocenters. The van der Waals surface area contributed by atoms with Crippen LogP contribution in [0.1, 0.15) is 22.3 Å². The summed E-state index contributed by atoms with van der Waals surface area (Å²) < 4.78 is 6.19. The Morgan fingerprint density at radius 3 is 2.64 bits per heavy atom. The fraction of sp³-hybridized carbons (Fsp3) is 0.0968. The van der Waals surface area contributed by atoms with Crippen molar-refractivity contribution in [1.29, 1.82) is 5.26 Å². The number of hydrogen-bond donors (Lipinski definition) is 1. The van der Waals surface area contributed by atoms with Crippen LogP contribution in [0.5, 0.6) is 5.75 Å². The number of hydrogen-bond acceptors (Lipinski definition) is 3. The molecule has 0 saturated heterocycles. The lowest BCUT2D eigenvalue weighted by Gasteiger charge is -2.13. The molecule has 36 heavy (non-hydrogen) atoms. The maximum Gasteiger partial charge on any atom is 0.266 e. The number of nitrogens with zero attached hydrogens (tertiary/aromatic N) is 1. The summed E-state index contributed by atoms with van der Waals surface area (Å²) in [6.45, 7) is 6.16. The maximum atomic E-state index is 12.7. The molecule has 0 radical (unpaired) electrons. The van der Waals surface area contributed by atoms with Gasteiger partial charge in [-0.3, -0.25) is 4.79 Å². The van der Waals surface area contributed by atoms with Crippen molar-refractivity contribution >= 4 is 40.0 Å². The molecular weight excluding hydrogens is 468 g/mol. The zero-order valence-corrected chi connectivity index (χ0v) is 20.7. The van der Waals surface area contributed by atoms with E-state index in [4.69, 9.17) is 16.3 Å². The zero-order valence-electron chi connectivity index (χ0n) is 19.9. The Morgan fingerprint density at radius 2 is 1.86 bits per heavy atom. The standard InChI is InChI=1S/C31H25ClN2O2/c1-3-7-24-16-22(17-26(19-33)31(35)34-27-14-12-21(2)29(32)18-27)13-15-30(24)36-20-25-10-6-9-23-8-4-5-11-28(23)25/h3-6,8-18H,1,7,20H2,2H3,(H,34,35)/b26-17-. The highest BCUT2D eigenvalue weighted by atomic mass is 35.5. The molecule has 0 aromatic heterocycles. The van der Waals surface area contributed by atoms with Gasteiger partial charge in [-0.05, 0) is 76.7 Å². The molecule has 0 aliphatic carbocycles. The summed E-state index contributed by atoms with van der Waals surface area (Å²) >= 11 is 6.15. The first-order valence-electron chi connectivity index (χ1n) is 11.5. The molecule has 0 spiro atoms. The molecule has 0 saturated carbocycles. The molecule has 178 valence electrons. The molecular formula is C31H25ClN2O2. The van der Waals surface area contributed by atoms with Crippen molar-refractivity contribution in [3.8, 4) is 11.8 Å². The third-order valence-electron chi connectivity index (χ3n) is 5.82. The van der Waals surface area contributed by atoms with E-state index in [9.17, 15) is 10.1 Å². The molecule has 5 heteroatoms. The van der Waals surface area contributed by atoms with Crippen LogP contribution in [0.25, 0.3) is 16.8 Å². The molecule has 4 nitrogen and oxygen atoms in total. The van der Waals surface area contributed by atoms with Crippen LogP contribution in [-0.4, -0.2) is 5.91 Å². The highest BCUT2D eigenvalue weighted by Gasteiger charge is 2.12. The van der Waals surface area contributed by atoms with Gasteiger partial charge in [0.05, 0.1) is 0 Å². The number of aryl methyl sites for hydroxylation is 1. The predicted molar refractivity (Wildman–Crippen MR) is 147 cm³/mol. The van der Waals surface area contributed by atoms with Gasteiger partial charge in [0.15, 0.2) is 0 Å². The van der Waals surface area contributed by atoms with Crippen molar-refractivity contribution < 1.29 is 9.53 Å². The number of nitrogens with one attached hydrogen (secondary N) is 1. The van der Waals surface area contributed by atoms with E-state index in [1.54, 1.807) is 24.3 Å². The van der Waals surface area contributed by atoms with Crippen LogP contribution in [0.2, 0.25) is 5.02 Å². The molecule has 4 aromatic rings. The number of benzene rings is 4. The van der Waals surface area contributed by atoms with Crippen LogP contribution < -0.4 is 10.1 Å². The molecule has 0 bridgehead atoms. The van der Waals surface area contributed by atoms with Crippen molar-refractivity contribution in [3.63, 3.8) is 0 Å². The van der Waals surface area contributed by atoms with Crippen LogP contribution in [0, 0.1) is 18.3 Å². The average Bonchev–Trinajstić information content (AvgIpc) is 2.89. The average molecular weight is 493 g/mol. The summed E-state index contributed by atoms with van der Waals surface area (Å²) in [6.07, 6.45) is 3.95. The number of allylic oxidation sites excluding steroid dienone is 1. The Balaban J connectivity index is 1.54. The minimum absolute atomic E-state index is 0.0133. The molecule has 1 N–H and O–H groups in total. The first-order valence-corrected chi connectivity index (χ1v) is 11.9. The zero-order chi connectivity index (χ0) is 25.5. The number of halogens is 1. The van der Waals surface area contributed by atoms with Crippen LogP contribution in [0.15, 0.2) is 97.1 Å². The molecule has 0 atom stereocenters. The maximum absolute atomic E-state index is 12.7. The Labute approximate surface area is 216 Å². The lowest BCUT2D eigenvalue weighted by Crippen LogP contribution is -2.13. The molecule has 0 heterocycles. The Morgan fingerprint density at radius 1 is 1.06 bits per heavy atom. The van der Waals surface area contributed by atoms with Gasteiger partial charge in [-0.2, -0.15) is 5.26 Å². The van der Waals surface area contributed by atoms with Crippen molar-refractivity contribution in [1.82, 2.24) is 0 Å². The Kier molecular flexibility index (Phi) is 7.85. The Bertz CT molecular complexity index is 1510. The van der Waals surface area contributed by atoms with Crippen molar-refractivity contribution in [2.45, 2.75) is 20.0 Å². The highest BCUT2D eigenvalue weighted by Crippen LogP contribution is 2.26. The van der Waals surface area contributed by atoms with E-state index in [1.165, 1.54) is 5.39 Å². The second-order valence-electron chi connectivity index (χ2n) is 8.37. The number of nitriles is 1. The van der Waals surface area contributed by atoms with Gasteiger partial charge in [0.2, 0.25) is 0 Å². The number of amides is 1. The van der Waals surface area contributed by atoms with Gasteiger partial charge in [0, 0.05) is 10.7 Å². The van der Waals surface area contributed by atoms with Gasteiger partial charge in [-0.15, -0.1) is 6.58 Å². The van der Waals surface area contributed by atoms with E-state index in [0.717, 1.165) is 33.4 Å². The molecule has 1 amide bonds. The van der Waals surface area contributed by atoms with Crippen LogP contribution in [0.4, 0.5) is 5.69 Å². The van der Waals surface area contributed by atoms with Gasteiger partial charge < -0.3 is 10.1 Å². The van der Waals surface area contributed by atoms with E-state index in [1.807, 2.05) is 55.5 Å². The van der Waals surface area contributed by atoms with Crippen LogP contribution >= 0.6 is 11.6 Å². The summed E-state index contributed by atoms with van der Waals surface area (Å²) in [5.41, 5.74) is 4.16. The topological polar surface area (TPSA) is 62.1 Å². The van der Waals surface area contributed by atoms with E-state index < -0.39 is 5.91 Å². The summed E-state index contributed by atoms with van der Waals surface area (Å²) in [7, 11) is 0. The summed E-state index contributed by atoms with van der Waals surface area (Å²) in [6, 6.07) is 27.2.